The molecule has 12 heteroatoms. The third-order valence-corrected chi connectivity index (χ3v) is 7.81. The molecular weight excluding hydrogens is 684 g/mol. The zero-order chi connectivity index (χ0) is 30.0. The normalized spacial score (nSPS) is 14.2. The second-order valence-corrected chi connectivity index (χ2v) is 10.6. The molecule has 0 spiro atoms. The number of hydrogen-bond acceptors (Lipinski definition) is 3. The summed E-state index contributed by atoms with van der Waals surface area (Å²) in [6.45, 7) is 0.446. The van der Waals surface area contributed by atoms with Crippen LogP contribution in [0.2, 0.25) is 0 Å². The molecule has 0 saturated carbocycles. The number of hydrogen-bond donors (Lipinski definition) is 1. The third-order valence-electron chi connectivity index (χ3n) is 6.43. The topological polar surface area (TPSA) is 60.3 Å². The van der Waals surface area contributed by atoms with Crippen LogP contribution in [0.4, 0.5) is 22.0 Å². The SMILES string of the molecule is O=S(=O)([N-]C(c1ccccc1)C(NCCCC1=CC=CCC1)c1ccccc1)c1c(F)c(F)c(F)c(F)c1F.[CH3-].[Cl][Ru+3]. The van der Waals surface area contributed by atoms with Gasteiger partial charge < -0.3 is 17.5 Å². The van der Waals surface area contributed by atoms with E-state index in [9.17, 15) is 30.4 Å². The minimum atomic E-state index is -5.36. The molecule has 2 atom stereocenters. The molecule has 2 unspecified atom stereocenters. The Kier molecular flexibility index (Phi) is 14.5. The molecule has 4 nitrogen and oxygen atoms in total. The molecule has 1 N–H and O–H groups in total. The van der Waals surface area contributed by atoms with Crippen molar-refractivity contribution in [2.24, 2.45) is 0 Å². The Morgan fingerprint density at radius 1 is 0.833 bits per heavy atom. The molecule has 0 aliphatic heterocycles. The van der Waals surface area contributed by atoms with Gasteiger partial charge in [0, 0.05) is 6.04 Å². The van der Waals surface area contributed by atoms with Gasteiger partial charge >= 0.3 is 27.0 Å². The molecule has 0 fully saturated rings. The van der Waals surface area contributed by atoms with Gasteiger partial charge in [-0.15, -0.1) is 0 Å². The van der Waals surface area contributed by atoms with E-state index in [4.69, 9.17) is 0 Å². The monoisotopic (exact) mass is 713 g/mol. The molecule has 42 heavy (non-hydrogen) atoms. The molecule has 1 aliphatic carbocycles. The second-order valence-electron chi connectivity index (χ2n) is 9.07. The van der Waals surface area contributed by atoms with Gasteiger partial charge in [0.05, 0.1) is 0 Å². The number of rotatable bonds is 11. The van der Waals surface area contributed by atoms with E-state index < -0.39 is 56.1 Å². The molecule has 0 radical (unpaired) electrons. The molecule has 3 aromatic rings. The van der Waals surface area contributed by atoms with Gasteiger partial charge in [-0.3, -0.25) is 0 Å². The number of halogens is 6. The summed E-state index contributed by atoms with van der Waals surface area (Å²) in [5, 5.41) is 3.31. The summed E-state index contributed by atoms with van der Waals surface area (Å²) in [5.41, 5.74) is 2.28. The predicted octanol–water partition coefficient (Wildman–Crippen LogP) is 8.71. The first-order valence-corrected chi connectivity index (χ1v) is 16.2. The molecule has 0 heterocycles. The first-order chi connectivity index (χ1) is 19.7. The van der Waals surface area contributed by atoms with E-state index in [1.165, 1.54) is 5.57 Å². The summed E-state index contributed by atoms with van der Waals surface area (Å²) < 4.78 is 101. The van der Waals surface area contributed by atoms with E-state index in [0.29, 0.717) is 17.7 Å². The first-order valence-electron chi connectivity index (χ1n) is 12.5. The van der Waals surface area contributed by atoms with E-state index in [0.717, 1.165) is 25.7 Å². The van der Waals surface area contributed by atoms with Crippen LogP contribution in [0.5, 0.6) is 0 Å². The Morgan fingerprint density at radius 2 is 1.36 bits per heavy atom. The third kappa shape index (κ3) is 8.80. The molecule has 0 amide bonds. The van der Waals surface area contributed by atoms with Gasteiger partial charge in [-0.2, -0.15) is 0 Å². The predicted molar refractivity (Wildman–Crippen MR) is 151 cm³/mol. The molecule has 226 valence electrons. The van der Waals surface area contributed by atoms with Crippen molar-refractivity contribution in [2.75, 3.05) is 6.54 Å². The van der Waals surface area contributed by atoms with Crippen molar-refractivity contribution in [2.45, 2.75) is 42.7 Å². The van der Waals surface area contributed by atoms with Crippen molar-refractivity contribution in [3.63, 3.8) is 0 Å². The molecule has 3 aromatic carbocycles. The number of allylic oxidation sites excluding steroid dienone is 4. The zero-order valence-corrected chi connectivity index (χ0v) is 25.8. The fourth-order valence-electron chi connectivity index (χ4n) is 4.48. The average Bonchev–Trinajstić information content (AvgIpc) is 3.00. The van der Waals surface area contributed by atoms with Gasteiger partial charge in [0.2, 0.25) is 5.82 Å². The van der Waals surface area contributed by atoms with Crippen LogP contribution in [0.1, 0.15) is 48.9 Å². The van der Waals surface area contributed by atoms with Crippen LogP contribution in [-0.4, -0.2) is 15.0 Å². The Bertz CT molecular complexity index is 1450. The van der Waals surface area contributed by atoms with Crippen molar-refractivity contribution < 1.29 is 47.7 Å². The van der Waals surface area contributed by atoms with E-state index >= 15 is 0 Å². The zero-order valence-electron chi connectivity index (χ0n) is 22.5. The Hall–Kier alpha value is -2.43. The molecule has 0 aromatic heterocycles. The van der Waals surface area contributed by atoms with Crippen LogP contribution in [0.25, 0.3) is 4.72 Å². The van der Waals surface area contributed by atoms with Crippen molar-refractivity contribution in [3.8, 4) is 0 Å². The van der Waals surface area contributed by atoms with Crippen molar-refractivity contribution in [1.29, 1.82) is 0 Å². The first kappa shape index (κ1) is 35.8. The van der Waals surface area contributed by atoms with E-state index in [1.54, 1.807) is 60.7 Å². The van der Waals surface area contributed by atoms with Gasteiger partial charge in [-0.05, 0) is 37.8 Å². The van der Waals surface area contributed by atoms with Gasteiger partial charge in [-0.25, -0.2) is 30.4 Å². The second kappa shape index (κ2) is 17.0. The summed E-state index contributed by atoms with van der Waals surface area (Å²) in [6.07, 6.45) is 9.62. The van der Waals surface area contributed by atoms with Crippen LogP contribution in [-0.2, 0) is 27.3 Å². The Labute approximate surface area is 257 Å². The number of benzene rings is 3. The van der Waals surface area contributed by atoms with Crippen molar-refractivity contribution >= 4 is 19.7 Å². The Balaban J connectivity index is 0.00000201. The molecule has 0 bridgehead atoms. The fourth-order valence-corrected chi connectivity index (χ4v) is 5.76. The summed E-state index contributed by atoms with van der Waals surface area (Å²) in [5.74, 6) is -12.1. The van der Waals surface area contributed by atoms with E-state index in [-0.39, 0.29) is 7.43 Å². The van der Waals surface area contributed by atoms with Gasteiger partial charge in [0.25, 0.3) is 0 Å². The summed E-state index contributed by atoms with van der Waals surface area (Å²) in [7, 11) is -0.791. The summed E-state index contributed by atoms with van der Waals surface area (Å²) in [6, 6.07) is 14.8. The molecular formula is C30H29ClF5N2O2RuS+. The van der Waals surface area contributed by atoms with E-state index in [1.807, 2.05) is 23.4 Å². The fraction of sp³-hybridized carbons (Fsp3) is 0.233. The number of sulfonamides is 1. The average molecular weight is 713 g/mol. The Morgan fingerprint density at radius 3 is 1.88 bits per heavy atom. The van der Waals surface area contributed by atoms with E-state index in [2.05, 4.69) is 31.9 Å². The molecule has 4 rings (SSSR count). The maximum absolute atomic E-state index is 14.5. The van der Waals surface area contributed by atoms with Gasteiger partial charge in [-0.1, -0.05) is 96.1 Å². The van der Waals surface area contributed by atoms with Gasteiger partial charge in [0.1, 0.15) is 14.9 Å². The number of nitrogens with one attached hydrogen (secondary N) is 1. The van der Waals surface area contributed by atoms with Crippen LogP contribution < -0.4 is 5.32 Å². The van der Waals surface area contributed by atoms with Crippen LogP contribution in [0, 0.1) is 36.5 Å². The summed E-state index contributed by atoms with van der Waals surface area (Å²) >= 11 is 1.82. The van der Waals surface area contributed by atoms with Crippen LogP contribution in [0.3, 0.4) is 0 Å². The van der Waals surface area contributed by atoms with Gasteiger partial charge in [0.15, 0.2) is 23.3 Å². The minimum absolute atomic E-state index is 0. The van der Waals surface area contributed by atoms with Crippen LogP contribution in [0.15, 0.2) is 89.4 Å². The summed E-state index contributed by atoms with van der Waals surface area (Å²) in [4.78, 5) is -1.98. The standard InChI is InChI=1S/C29H26F5N2O2S.CH3.ClH.Ru/c30-22-23(31)25(33)29(26(34)24(22)32)39(37,38)36-28(21-16-8-3-9-17-21)27(20-14-6-2-7-15-20)35-18-10-13-19-11-4-1-5-12-19;;;/h1-4,6-9,11,14-17,27-28,35H,5,10,12-13,18H2;1H3;1H;/q2*-1;;+4/p-1. The van der Waals surface area contributed by atoms with Crippen molar-refractivity contribution in [3.05, 3.63) is 137 Å². The van der Waals surface area contributed by atoms with Crippen LogP contribution >= 0.6 is 9.69 Å². The molecule has 0 saturated heterocycles. The van der Waals surface area contributed by atoms with Crippen molar-refractivity contribution in [1.82, 2.24) is 5.32 Å². The number of nitrogens with zero attached hydrogens (tertiary/aromatic N) is 1. The molecule has 1 aliphatic rings. The quantitative estimate of drug-likeness (QED) is 0.0541. The maximum atomic E-state index is 14.5.